The van der Waals surface area contributed by atoms with Crippen LogP contribution in [-0.2, 0) is 0 Å². The molecular formula is C5H12ClN2P. The van der Waals surface area contributed by atoms with Crippen molar-refractivity contribution in [2.24, 2.45) is 0 Å². The summed E-state index contributed by atoms with van der Waals surface area (Å²) < 4.78 is 0. The lowest BCUT2D eigenvalue weighted by atomic mass is 10.8. The maximum Gasteiger partial charge on any atom is 0.102 e. The number of nitrogens with zero attached hydrogens (tertiary/aromatic N) is 2. The molecule has 0 radical (unpaired) electrons. The molecule has 0 N–H and O–H groups in total. The van der Waals surface area contributed by atoms with E-state index in [9.17, 15) is 0 Å². The molecule has 9 heavy (non-hydrogen) atoms. The summed E-state index contributed by atoms with van der Waals surface area (Å²) in [5, 5.41) is 0. The van der Waals surface area contributed by atoms with Gasteiger partial charge in [-0.1, -0.05) is 11.2 Å². The van der Waals surface area contributed by atoms with E-state index in [1.54, 1.807) is 0 Å². The number of hydrogen-bond acceptors (Lipinski definition) is 0. The standard InChI is InChI=1S/C5H12ClN2P/c1-7(2)5(9-6)8(3)4/h1-4H3. The summed E-state index contributed by atoms with van der Waals surface area (Å²) in [6, 6.07) is 0. The smallest absolute Gasteiger partial charge is 0.102 e. The van der Waals surface area contributed by atoms with Crippen molar-refractivity contribution in [3.8, 4) is 0 Å². The Balaban J connectivity index is 4.01. The van der Waals surface area contributed by atoms with Crippen LogP contribution in [0.15, 0.2) is 0 Å². The lowest BCUT2D eigenvalue weighted by Gasteiger charge is -2.18. The highest BCUT2D eigenvalue weighted by molar-refractivity contribution is 7.68. The molecule has 0 atom stereocenters. The van der Waals surface area contributed by atoms with Crippen LogP contribution >= 0.6 is 18.8 Å². The Labute approximate surface area is 63.0 Å². The minimum absolute atomic E-state index is 0.789. The van der Waals surface area contributed by atoms with E-state index in [0.717, 1.165) is 13.1 Å². The topological polar surface area (TPSA) is 6.48 Å². The molecule has 0 fully saturated rings. The van der Waals surface area contributed by atoms with Crippen molar-refractivity contribution in [3.05, 3.63) is 0 Å². The van der Waals surface area contributed by atoms with E-state index in [2.05, 4.69) is 0 Å². The second-order valence-corrected chi connectivity index (χ2v) is 3.25. The average molecular weight is 167 g/mol. The minimum Gasteiger partial charge on any atom is -0.267 e. The molecule has 0 aromatic rings. The fourth-order valence-electron chi connectivity index (χ4n) is 0.551. The van der Waals surface area contributed by atoms with Gasteiger partial charge in [-0.15, -0.1) is 0 Å². The molecule has 0 aromatic heterocycles. The Morgan fingerprint density at radius 3 is 1.44 bits per heavy atom. The monoisotopic (exact) mass is 166 g/mol. The highest BCUT2D eigenvalue weighted by Crippen LogP contribution is 2.08. The number of rotatable bonds is 2. The van der Waals surface area contributed by atoms with Crippen molar-refractivity contribution < 1.29 is 0 Å². The highest BCUT2D eigenvalue weighted by atomic mass is 35.7. The summed E-state index contributed by atoms with van der Waals surface area (Å²) in [6.07, 6.45) is 0. The van der Waals surface area contributed by atoms with Crippen LogP contribution < -0.4 is 0 Å². The summed E-state index contributed by atoms with van der Waals surface area (Å²) in [5.74, 6) is 0. The average Bonchev–Trinajstić information content (AvgIpc) is 1.64. The van der Waals surface area contributed by atoms with Crippen LogP contribution in [0.4, 0.5) is 0 Å². The van der Waals surface area contributed by atoms with Crippen LogP contribution in [0.1, 0.15) is 0 Å². The first-order chi connectivity index (χ1) is 4.09. The molecule has 2 nitrogen and oxygen atoms in total. The first-order valence-corrected chi connectivity index (χ1v) is 4.43. The SMILES string of the molecule is CN(C)C(=PCl)N(C)C. The van der Waals surface area contributed by atoms with Gasteiger partial charge in [-0.2, -0.15) is 0 Å². The summed E-state index contributed by atoms with van der Waals surface area (Å²) >= 11 is 5.61. The van der Waals surface area contributed by atoms with Crippen LogP contribution in [0.5, 0.6) is 0 Å². The second kappa shape index (κ2) is 4.24. The molecule has 0 saturated heterocycles. The molecule has 0 bridgehead atoms. The number of halogens is 1. The van der Waals surface area contributed by atoms with E-state index in [1.807, 2.05) is 38.0 Å². The highest BCUT2D eigenvalue weighted by Gasteiger charge is 2.01. The third-order valence-electron chi connectivity index (χ3n) is 0.876. The van der Waals surface area contributed by atoms with Gasteiger partial charge in [0.05, 0.1) is 0 Å². The third kappa shape index (κ3) is 3.17. The van der Waals surface area contributed by atoms with E-state index in [4.69, 9.17) is 11.2 Å². The maximum atomic E-state index is 5.61. The molecule has 0 spiro atoms. The molecule has 0 saturated carbocycles. The first kappa shape index (κ1) is 9.38. The van der Waals surface area contributed by atoms with Gasteiger partial charge in [0, 0.05) is 7.56 Å². The van der Waals surface area contributed by atoms with Crippen LogP contribution in [-0.4, -0.2) is 43.5 Å². The Morgan fingerprint density at radius 1 is 1.11 bits per heavy atom. The van der Waals surface area contributed by atoms with Gasteiger partial charge in [-0.25, -0.2) is 0 Å². The van der Waals surface area contributed by atoms with Crippen molar-refractivity contribution in [2.45, 2.75) is 0 Å². The molecule has 0 heterocycles. The van der Waals surface area contributed by atoms with Gasteiger partial charge < -0.3 is 0 Å². The van der Waals surface area contributed by atoms with Crippen molar-refractivity contribution in [2.75, 3.05) is 28.2 Å². The first-order valence-electron chi connectivity index (χ1n) is 2.63. The van der Waals surface area contributed by atoms with Gasteiger partial charge in [-0.05, 0) is 28.2 Å². The maximum absolute atomic E-state index is 5.61. The fourth-order valence-corrected chi connectivity index (χ4v) is 1.76. The van der Waals surface area contributed by atoms with Crippen LogP contribution in [0.2, 0.25) is 0 Å². The zero-order valence-electron chi connectivity index (χ0n) is 6.22. The van der Waals surface area contributed by atoms with E-state index in [0.29, 0.717) is 0 Å². The lowest BCUT2D eigenvalue weighted by Crippen LogP contribution is -2.33. The van der Waals surface area contributed by atoms with E-state index < -0.39 is 0 Å². The van der Waals surface area contributed by atoms with E-state index in [-0.39, 0.29) is 0 Å². The molecule has 0 amide bonds. The quantitative estimate of drug-likeness (QED) is 0.571. The largest absolute Gasteiger partial charge is 0.267 e. The lowest BCUT2D eigenvalue weighted by molar-refractivity contribution is 0.500. The van der Waals surface area contributed by atoms with Gasteiger partial charge in [0.25, 0.3) is 0 Å². The molecule has 0 unspecified atom stereocenters. The van der Waals surface area contributed by atoms with E-state index in [1.165, 1.54) is 0 Å². The Bertz CT molecular complexity index is 102. The zero-order valence-corrected chi connectivity index (χ0v) is 7.87. The molecule has 0 aliphatic carbocycles. The van der Waals surface area contributed by atoms with Gasteiger partial charge in [0.2, 0.25) is 0 Å². The number of hydrogen-bond donors (Lipinski definition) is 0. The van der Waals surface area contributed by atoms with Crippen LogP contribution in [0.25, 0.3) is 0 Å². The summed E-state index contributed by atoms with van der Waals surface area (Å²) in [5.41, 5.74) is 1.09. The van der Waals surface area contributed by atoms with Crippen LogP contribution in [0, 0.1) is 0 Å². The Kier molecular flexibility index (Phi) is 4.41. The zero-order chi connectivity index (χ0) is 7.44. The predicted molar refractivity (Wildman–Crippen MR) is 45.2 cm³/mol. The normalized spacial score (nSPS) is 11.4. The summed E-state index contributed by atoms with van der Waals surface area (Å²) in [7, 11) is 8.70. The van der Waals surface area contributed by atoms with Gasteiger partial charge in [0.15, 0.2) is 0 Å². The predicted octanol–water partition coefficient (Wildman–Crippen LogP) is 1.30. The van der Waals surface area contributed by atoms with Crippen molar-refractivity contribution in [1.29, 1.82) is 0 Å². The van der Waals surface area contributed by atoms with Crippen molar-refractivity contribution >= 4 is 24.3 Å². The molecule has 0 aliphatic heterocycles. The molecule has 54 valence electrons. The molecule has 0 rings (SSSR count). The van der Waals surface area contributed by atoms with E-state index >= 15 is 0 Å². The van der Waals surface area contributed by atoms with Gasteiger partial charge >= 0.3 is 0 Å². The molecule has 4 heteroatoms. The van der Waals surface area contributed by atoms with Gasteiger partial charge in [0.1, 0.15) is 5.54 Å². The summed E-state index contributed by atoms with van der Waals surface area (Å²) in [6.45, 7) is 0. The molecular weight excluding hydrogens is 154 g/mol. The Morgan fingerprint density at radius 2 is 1.44 bits per heavy atom. The summed E-state index contributed by atoms with van der Waals surface area (Å²) in [4.78, 5) is 3.99. The minimum atomic E-state index is 0.789. The van der Waals surface area contributed by atoms with Crippen molar-refractivity contribution in [1.82, 2.24) is 9.80 Å². The van der Waals surface area contributed by atoms with Crippen LogP contribution in [0.3, 0.4) is 0 Å². The molecule has 0 aromatic carbocycles. The third-order valence-corrected chi connectivity index (χ3v) is 2.28. The Hall–Kier alpha value is 0.380. The second-order valence-electron chi connectivity index (χ2n) is 2.17. The fraction of sp³-hybridized carbons (Fsp3) is 0.800. The van der Waals surface area contributed by atoms with Crippen molar-refractivity contribution in [3.63, 3.8) is 0 Å². The van der Waals surface area contributed by atoms with Gasteiger partial charge in [-0.3, -0.25) is 9.80 Å². The molecule has 0 aliphatic rings.